The van der Waals surface area contributed by atoms with E-state index < -0.39 is 11.6 Å². The highest BCUT2D eigenvalue weighted by Crippen LogP contribution is 2.20. The van der Waals surface area contributed by atoms with Crippen LogP contribution in [0.4, 0.5) is 8.78 Å². The zero-order valence-corrected chi connectivity index (χ0v) is 8.87. The van der Waals surface area contributed by atoms with Crippen LogP contribution in [-0.4, -0.2) is 6.54 Å². The topological polar surface area (TPSA) is 26.0 Å². The number of nitrogens with two attached hydrogens (primary N) is 1. The maximum absolute atomic E-state index is 13.1. The molecule has 4 heteroatoms. The monoisotopic (exact) mass is 259 g/mol. The van der Waals surface area contributed by atoms with Crippen LogP contribution in [0.1, 0.15) is 12.0 Å². The Bertz CT molecular complexity index is 370. The van der Waals surface area contributed by atoms with Crippen LogP contribution in [0.2, 0.25) is 0 Å². The van der Waals surface area contributed by atoms with Crippen molar-refractivity contribution in [1.29, 1.82) is 0 Å². The van der Waals surface area contributed by atoms with E-state index in [1.807, 2.05) is 0 Å². The molecule has 0 saturated heterocycles. The van der Waals surface area contributed by atoms with Gasteiger partial charge in [-0.3, -0.25) is 0 Å². The Morgan fingerprint density at radius 2 is 2.07 bits per heavy atom. The van der Waals surface area contributed by atoms with E-state index in [-0.39, 0.29) is 5.56 Å². The lowest BCUT2D eigenvalue weighted by Gasteiger charge is -1.98. The molecule has 74 valence electrons. The standard InChI is InChI=1S/C10H8BrF2N/c11-9-5-7(12)6-10(13)8(9)3-1-2-4-14/h5-6H,2,4,14H2. The van der Waals surface area contributed by atoms with E-state index in [0.29, 0.717) is 17.4 Å². The maximum atomic E-state index is 13.1. The first-order chi connectivity index (χ1) is 6.65. The second-order valence-electron chi connectivity index (χ2n) is 2.58. The quantitative estimate of drug-likeness (QED) is 0.771. The van der Waals surface area contributed by atoms with Crippen molar-refractivity contribution in [3.05, 3.63) is 33.8 Å². The fraction of sp³-hybridized carbons (Fsp3) is 0.200. The summed E-state index contributed by atoms with van der Waals surface area (Å²) in [6, 6.07) is 1.98. The van der Waals surface area contributed by atoms with Crippen molar-refractivity contribution in [2.24, 2.45) is 5.73 Å². The van der Waals surface area contributed by atoms with E-state index in [2.05, 4.69) is 27.8 Å². The number of hydrogen-bond donors (Lipinski definition) is 1. The van der Waals surface area contributed by atoms with Crippen molar-refractivity contribution in [3.63, 3.8) is 0 Å². The number of rotatable bonds is 1. The predicted molar refractivity (Wildman–Crippen MR) is 54.6 cm³/mol. The van der Waals surface area contributed by atoms with Crippen LogP contribution < -0.4 is 5.73 Å². The molecule has 0 amide bonds. The highest BCUT2D eigenvalue weighted by atomic mass is 79.9. The van der Waals surface area contributed by atoms with Gasteiger partial charge >= 0.3 is 0 Å². The van der Waals surface area contributed by atoms with Gasteiger partial charge in [-0.05, 0) is 22.0 Å². The van der Waals surface area contributed by atoms with Crippen LogP contribution >= 0.6 is 15.9 Å². The fourth-order valence-electron chi connectivity index (χ4n) is 0.885. The van der Waals surface area contributed by atoms with Gasteiger partial charge in [-0.25, -0.2) is 8.78 Å². The van der Waals surface area contributed by atoms with E-state index in [0.717, 1.165) is 6.07 Å². The van der Waals surface area contributed by atoms with Crippen molar-refractivity contribution in [3.8, 4) is 11.8 Å². The molecule has 1 aromatic carbocycles. The first kappa shape index (κ1) is 11.2. The summed E-state index contributed by atoms with van der Waals surface area (Å²) in [5, 5.41) is 0. The second-order valence-corrected chi connectivity index (χ2v) is 3.44. The minimum absolute atomic E-state index is 0.167. The summed E-state index contributed by atoms with van der Waals surface area (Å²) in [5.41, 5.74) is 5.39. The minimum atomic E-state index is -0.665. The van der Waals surface area contributed by atoms with Crippen LogP contribution in [-0.2, 0) is 0 Å². The van der Waals surface area contributed by atoms with E-state index >= 15 is 0 Å². The SMILES string of the molecule is NCCC#Cc1c(F)cc(F)cc1Br. The molecule has 0 spiro atoms. The van der Waals surface area contributed by atoms with Gasteiger partial charge in [0.2, 0.25) is 0 Å². The van der Waals surface area contributed by atoms with Crippen LogP contribution in [0.5, 0.6) is 0 Å². The van der Waals surface area contributed by atoms with Crippen LogP contribution in [0.3, 0.4) is 0 Å². The summed E-state index contributed by atoms with van der Waals surface area (Å²) < 4.78 is 26.1. The van der Waals surface area contributed by atoms with E-state index in [1.165, 1.54) is 6.07 Å². The third-order valence-corrected chi connectivity index (χ3v) is 2.12. The highest BCUT2D eigenvalue weighted by molar-refractivity contribution is 9.10. The van der Waals surface area contributed by atoms with Crippen molar-refractivity contribution in [2.75, 3.05) is 6.54 Å². The van der Waals surface area contributed by atoms with E-state index in [9.17, 15) is 8.78 Å². The molecule has 2 N–H and O–H groups in total. The third-order valence-electron chi connectivity index (χ3n) is 1.49. The van der Waals surface area contributed by atoms with Gasteiger partial charge in [0, 0.05) is 23.5 Å². The highest BCUT2D eigenvalue weighted by Gasteiger charge is 2.06. The van der Waals surface area contributed by atoms with Crippen molar-refractivity contribution < 1.29 is 8.78 Å². The summed E-state index contributed by atoms with van der Waals surface area (Å²) >= 11 is 3.04. The Balaban J connectivity index is 3.04. The van der Waals surface area contributed by atoms with Crippen molar-refractivity contribution in [1.82, 2.24) is 0 Å². The summed E-state index contributed by atoms with van der Waals surface area (Å²) in [5.74, 6) is 3.98. The molecule has 0 aliphatic heterocycles. The third kappa shape index (κ3) is 2.79. The molecule has 1 aromatic rings. The molecule has 0 aromatic heterocycles. The Hall–Kier alpha value is -0.920. The van der Waals surface area contributed by atoms with Crippen LogP contribution in [0, 0.1) is 23.5 Å². The molecule has 0 heterocycles. The van der Waals surface area contributed by atoms with Crippen LogP contribution in [0.25, 0.3) is 0 Å². The van der Waals surface area contributed by atoms with E-state index in [1.54, 1.807) is 0 Å². The molecule has 1 nitrogen and oxygen atoms in total. The second kappa shape index (κ2) is 5.08. The Labute approximate surface area is 89.4 Å². The Kier molecular flexibility index (Phi) is 4.05. The first-order valence-electron chi connectivity index (χ1n) is 3.98. The van der Waals surface area contributed by atoms with Gasteiger partial charge in [0.15, 0.2) is 0 Å². The van der Waals surface area contributed by atoms with Crippen LogP contribution in [0.15, 0.2) is 16.6 Å². The fourth-order valence-corrected chi connectivity index (χ4v) is 1.39. The molecule has 0 aliphatic rings. The summed E-state index contributed by atoms with van der Waals surface area (Å²) in [7, 11) is 0. The average Bonchev–Trinajstić information content (AvgIpc) is 2.09. The molecule has 0 unspecified atom stereocenters. The molecular weight excluding hydrogens is 252 g/mol. The molecule has 1 rings (SSSR count). The smallest absolute Gasteiger partial charge is 0.142 e. The molecule has 0 saturated carbocycles. The van der Waals surface area contributed by atoms with Gasteiger partial charge < -0.3 is 5.73 Å². The lowest BCUT2D eigenvalue weighted by molar-refractivity contribution is 0.579. The lowest BCUT2D eigenvalue weighted by atomic mass is 10.2. The molecular formula is C10H8BrF2N. The summed E-state index contributed by atoms with van der Waals surface area (Å²) in [6.45, 7) is 0.424. The molecule has 14 heavy (non-hydrogen) atoms. The van der Waals surface area contributed by atoms with Gasteiger partial charge in [0.05, 0.1) is 5.56 Å². The largest absolute Gasteiger partial charge is 0.330 e. The maximum Gasteiger partial charge on any atom is 0.142 e. The van der Waals surface area contributed by atoms with E-state index in [4.69, 9.17) is 5.73 Å². The molecule has 0 bridgehead atoms. The number of hydrogen-bond acceptors (Lipinski definition) is 1. The zero-order valence-electron chi connectivity index (χ0n) is 7.28. The van der Waals surface area contributed by atoms with Crippen molar-refractivity contribution in [2.45, 2.75) is 6.42 Å². The zero-order chi connectivity index (χ0) is 10.6. The minimum Gasteiger partial charge on any atom is -0.330 e. The Morgan fingerprint density at radius 1 is 1.36 bits per heavy atom. The first-order valence-corrected chi connectivity index (χ1v) is 4.78. The molecule has 0 aliphatic carbocycles. The molecule has 0 atom stereocenters. The van der Waals surface area contributed by atoms with Gasteiger partial charge in [-0.15, -0.1) is 0 Å². The van der Waals surface area contributed by atoms with Gasteiger partial charge in [-0.1, -0.05) is 11.8 Å². The van der Waals surface area contributed by atoms with Gasteiger partial charge in [0.25, 0.3) is 0 Å². The predicted octanol–water partition coefficient (Wildman–Crippen LogP) is 2.43. The summed E-state index contributed by atoms with van der Waals surface area (Å²) in [4.78, 5) is 0. The number of halogens is 3. The molecule has 0 radical (unpaired) electrons. The lowest BCUT2D eigenvalue weighted by Crippen LogP contribution is -1.96. The average molecular weight is 260 g/mol. The van der Waals surface area contributed by atoms with Crippen molar-refractivity contribution >= 4 is 15.9 Å². The summed E-state index contributed by atoms with van der Waals surface area (Å²) in [6.07, 6.45) is 0.489. The molecule has 0 fully saturated rings. The Morgan fingerprint density at radius 3 is 2.64 bits per heavy atom. The number of benzene rings is 1. The normalized spacial score (nSPS) is 9.43. The van der Waals surface area contributed by atoms with Gasteiger partial charge in [-0.2, -0.15) is 0 Å². The van der Waals surface area contributed by atoms with Gasteiger partial charge in [0.1, 0.15) is 11.6 Å².